The van der Waals surface area contributed by atoms with Crippen LogP contribution in [0.1, 0.15) is 19.4 Å². The van der Waals surface area contributed by atoms with Crippen molar-refractivity contribution in [2.24, 2.45) is 16.5 Å². The minimum absolute atomic E-state index is 0.0551. The molecular formula is C11H16FN3. The topological polar surface area (TPSA) is 64.4 Å². The Balaban J connectivity index is 2.90. The average molecular weight is 209 g/mol. The van der Waals surface area contributed by atoms with Crippen molar-refractivity contribution < 1.29 is 4.39 Å². The van der Waals surface area contributed by atoms with Crippen LogP contribution in [0.15, 0.2) is 29.3 Å². The Bertz CT molecular complexity index is 368. The zero-order valence-corrected chi connectivity index (χ0v) is 9.00. The molecule has 4 heteroatoms. The van der Waals surface area contributed by atoms with Crippen LogP contribution < -0.4 is 11.5 Å². The van der Waals surface area contributed by atoms with Crippen LogP contribution in [0.2, 0.25) is 0 Å². The van der Waals surface area contributed by atoms with Crippen molar-refractivity contribution in [1.82, 2.24) is 0 Å². The first-order valence-electron chi connectivity index (χ1n) is 4.73. The Kier molecular flexibility index (Phi) is 3.29. The number of aliphatic imine (C=N–C) groups is 1. The van der Waals surface area contributed by atoms with E-state index in [0.717, 1.165) is 5.56 Å². The van der Waals surface area contributed by atoms with E-state index in [4.69, 9.17) is 11.5 Å². The molecule has 0 atom stereocenters. The van der Waals surface area contributed by atoms with Gasteiger partial charge >= 0.3 is 0 Å². The zero-order chi connectivity index (χ0) is 11.5. The van der Waals surface area contributed by atoms with Gasteiger partial charge in [-0.15, -0.1) is 0 Å². The summed E-state index contributed by atoms with van der Waals surface area (Å²) in [5.41, 5.74) is 11.1. The van der Waals surface area contributed by atoms with Gasteiger partial charge < -0.3 is 11.5 Å². The van der Waals surface area contributed by atoms with Crippen molar-refractivity contribution in [2.75, 3.05) is 6.54 Å². The Hall–Kier alpha value is -1.58. The molecule has 0 fully saturated rings. The highest BCUT2D eigenvalue weighted by molar-refractivity contribution is 5.75. The molecule has 82 valence electrons. The van der Waals surface area contributed by atoms with Crippen molar-refractivity contribution >= 4 is 5.96 Å². The number of nitrogens with zero attached hydrogens (tertiary/aromatic N) is 1. The second-order valence-corrected chi connectivity index (χ2v) is 4.14. The maximum atomic E-state index is 13.0. The van der Waals surface area contributed by atoms with Crippen LogP contribution in [0.5, 0.6) is 0 Å². The van der Waals surface area contributed by atoms with E-state index in [1.54, 1.807) is 6.07 Å². The number of guanidine groups is 1. The van der Waals surface area contributed by atoms with Crippen LogP contribution in [0.3, 0.4) is 0 Å². The normalized spacial score (nSPS) is 11.1. The molecule has 0 saturated heterocycles. The van der Waals surface area contributed by atoms with Gasteiger partial charge in [-0.3, -0.25) is 4.99 Å². The van der Waals surface area contributed by atoms with Gasteiger partial charge in [-0.05, 0) is 17.7 Å². The molecule has 1 aromatic carbocycles. The Morgan fingerprint density at radius 1 is 1.40 bits per heavy atom. The second kappa shape index (κ2) is 4.29. The summed E-state index contributed by atoms with van der Waals surface area (Å²) in [5, 5.41) is 0. The molecule has 1 aromatic rings. The average Bonchev–Trinajstić information content (AvgIpc) is 2.15. The molecule has 0 spiro atoms. The summed E-state index contributed by atoms with van der Waals surface area (Å²) < 4.78 is 13.0. The van der Waals surface area contributed by atoms with Gasteiger partial charge in [0.1, 0.15) is 5.82 Å². The van der Waals surface area contributed by atoms with E-state index >= 15 is 0 Å². The maximum absolute atomic E-state index is 13.0. The van der Waals surface area contributed by atoms with Crippen molar-refractivity contribution in [3.8, 4) is 0 Å². The van der Waals surface area contributed by atoms with Crippen LogP contribution in [0, 0.1) is 5.82 Å². The van der Waals surface area contributed by atoms with Gasteiger partial charge in [-0.1, -0.05) is 26.0 Å². The zero-order valence-electron chi connectivity index (χ0n) is 9.00. The third kappa shape index (κ3) is 3.23. The molecule has 0 aliphatic rings. The van der Waals surface area contributed by atoms with Crippen molar-refractivity contribution in [3.05, 3.63) is 35.6 Å². The monoisotopic (exact) mass is 209 g/mol. The summed E-state index contributed by atoms with van der Waals surface area (Å²) in [4.78, 5) is 3.95. The molecule has 1 rings (SSSR count). The summed E-state index contributed by atoms with van der Waals surface area (Å²) in [7, 11) is 0. The molecule has 0 aliphatic heterocycles. The van der Waals surface area contributed by atoms with Gasteiger partial charge in [0.2, 0.25) is 0 Å². The van der Waals surface area contributed by atoms with Crippen molar-refractivity contribution in [1.29, 1.82) is 0 Å². The smallest absolute Gasteiger partial charge is 0.185 e. The fourth-order valence-corrected chi connectivity index (χ4v) is 1.29. The Morgan fingerprint density at radius 3 is 2.60 bits per heavy atom. The minimum atomic E-state index is -0.272. The SMILES string of the molecule is CC(C)(CN=C(N)N)c1cccc(F)c1. The molecule has 0 aliphatic carbocycles. The second-order valence-electron chi connectivity index (χ2n) is 4.14. The van der Waals surface area contributed by atoms with Crippen LogP contribution in [-0.4, -0.2) is 12.5 Å². The maximum Gasteiger partial charge on any atom is 0.185 e. The fourth-order valence-electron chi connectivity index (χ4n) is 1.29. The Labute approximate surface area is 89.0 Å². The first-order chi connectivity index (χ1) is 6.92. The summed E-state index contributed by atoms with van der Waals surface area (Å²) >= 11 is 0. The summed E-state index contributed by atoms with van der Waals surface area (Å²) in [5.74, 6) is -0.190. The lowest BCUT2D eigenvalue weighted by Gasteiger charge is -2.23. The largest absolute Gasteiger partial charge is 0.370 e. The van der Waals surface area contributed by atoms with Gasteiger partial charge in [0, 0.05) is 5.41 Å². The quantitative estimate of drug-likeness (QED) is 0.583. The third-order valence-electron chi connectivity index (χ3n) is 2.26. The van der Waals surface area contributed by atoms with Gasteiger partial charge in [0.25, 0.3) is 0 Å². The Morgan fingerprint density at radius 2 is 2.07 bits per heavy atom. The van der Waals surface area contributed by atoms with E-state index in [9.17, 15) is 4.39 Å². The van der Waals surface area contributed by atoms with E-state index in [1.165, 1.54) is 12.1 Å². The molecule has 0 amide bonds. The minimum Gasteiger partial charge on any atom is -0.370 e. The lowest BCUT2D eigenvalue weighted by molar-refractivity contribution is 0.531. The number of nitrogens with two attached hydrogens (primary N) is 2. The van der Waals surface area contributed by atoms with Gasteiger partial charge in [0.05, 0.1) is 6.54 Å². The van der Waals surface area contributed by atoms with Crippen LogP contribution in [0.25, 0.3) is 0 Å². The van der Waals surface area contributed by atoms with Gasteiger partial charge in [0.15, 0.2) is 5.96 Å². The predicted molar refractivity (Wildman–Crippen MR) is 60.1 cm³/mol. The molecule has 15 heavy (non-hydrogen) atoms. The molecule has 3 nitrogen and oxygen atoms in total. The summed E-state index contributed by atoms with van der Waals surface area (Å²) in [6.07, 6.45) is 0. The summed E-state index contributed by atoms with van der Waals surface area (Å²) in [6, 6.07) is 6.47. The number of halogens is 1. The van der Waals surface area contributed by atoms with Gasteiger partial charge in [-0.25, -0.2) is 4.39 Å². The van der Waals surface area contributed by atoms with E-state index in [1.807, 2.05) is 19.9 Å². The lowest BCUT2D eigenvalue weighted by Crippen LogP contribution is -2.28. The molecule has 0 bridgehead atoms. The highest BCUT2D eigenvalue weighted by Crippen LogP contribution is 2.23. The van der Waals surface area contributed by atoms with E-state index < -0.39 is 0 Å². The first kappa shape index (κ1) is 11.5. The van der Waals surface area contributed by atoms with E-state index in [0.29, 0.717) is 6.54 Å². The predicted octanol–water partition coefficient (Wildman–Crippen LogP) is 1.38. The molecule has 0 saturated carbocycles. The number of benzene rings is 1. The number of hydrogen-bond donors (Lipinski definition) is 2. The molecule has 0 aromatic heterocycles. The third-order valence-corrected chi connectivity index (χ3v) is 2.26. The molecule has 0 radical (unpaired) electrons. The number of rotatable bonds is 3. The molecular weight excluding hydrogens is 193 g/mol. The molecule has 4 N–H and O–H groups in total. The van der Waals surface area contributed by atoms with Crippen LogP contribution in [0.4, 0.5) is 4.39 Å². The highest BCUT2D eigenvalue weighted by atomic mass is 19.1. The number of hydrogen-bond acceptors (Lipinski definition) is 1. The van der Waals surface area contributed by atoms with E-state index in [-0.39, 0.29) is 17.2 Å². The van der Waals surface area contributed by atoms with Gasteiger partial charge in [-0.2, -0.15) is 0 Å². The van der Waals surface area contributed by atoms with E-state index in [2.05, 4.69) is 4.99 Å². The molecule has 0 heterocycles. The van der Waals surface area contributed by atoms with Crippen LogP contribution >= 0.6 is 0 Å². The van der Waals surface area contributed by atoms with Crippen molar-refractivity contribution in [3.63, 3.8) is 0 Å². The standard InChI is InChI=1S/C11H16FN3/c1-11(2,7-15-10(13)14)8-4-3-5-9(12)6-8/h3-6H,7H2,1-2H3,(H4,13,14,15). The lowest BCUT2D eigenvalue weighted by atomic mass is 9.85. The highest BCUT2D eigenvalue weighted by Gasteiger charge is 2.20. The first-order valence-corrected chi connectivity index (χ1v) is 4.73. The molecule has 0 unspecified atom stereocenters. The summed E-state index contributed by atoms with van der Waals surface area (Å²) in [6.45, 7) is 4.38. The fraction of sp³-hybridized carbons (Fsp3) is 0.364. The van der Waals surface area contributed by atoms with Crippen molar-refractivity contribution in [2.45, 2.75) is 19.3 Å². The van der Waals surface area contributed by atoms with Crippen LogP contribution in [-0.2, 0) is 5.41 Å².